The summed E-state index contributed by atoms with van der Waals surface area (Å²) in [6.07, 6.45) is 1.16. The molecule has 0 unspecified atom stereocenters. The van der Waals surface area contributed by atoms with Crippen molar-refractivity contribution in [3.05, 3.63) is 53.1 Å². The number of amides is 1. The molecule has 0 fully saturated rings. The number of hydrogen-bond acceptors (Lipinski definition) is 6. The van der Waals surface area contributed by atoms with Crippen LogP contribution in [0.4, 0.5) is 5.13 Å². The molecule has 1 heterocycles. The van der Waals surface area contributed by atoms with Gasteiger partial charge in [-0.3, -0.25) is 9.69 Å². The zero-order valence-corrected chi connectivity index (χ0v) is 20.7. The number of hydrogen-bond donors (Lipinski definition) is 0. The Hall–Kier alpha value is -1.71. The van der Waals surface area contributed by atoms with Gasteiger partial charge in [-0.2, -0.15) is 0 Å². The first kappa shape index (κ1) is 25.5. The molecule has 6 nitrogen and oxygen atoms in total. The predicted molar refractivity (Wildman–Crippen MR) is 131 cm³/mol. The van der Waals surface area contributed by atoms with Crippen LogP contribution < -0.4 is 4.90 Å². The lowest BCUT2D eigenvalue weighted by Gasteiger charge is -2.24. The Morgan fingerprint density at radius 3 is 2.29 bits per heavy atom. The molecule has 1 aromatic heterocycles. The molecule has 0 saturated heterocycles. The average molecular weight is 502 g/mol. The van der Waals surface area contributed by atoms with Crippen LogP contribution in [0.5, 0.6) is 0 Å². The van der Waals surface area contributed by atoms with E-state index in [2.05, 4.69) is 23.7 Å². The van der Waals surface area contributed by atoms with E-state index in [4.69, 9.17) is 11.6 Å². The molecule has 0 N–H and O–H groups in total. The van der Waals surface area contributed by atoms with Gasteiger partial charge in [0.05, 0.1) is 9.60 Å². The first-order chi connectivity index (χ1) is 14.2. The van der Waals surface area contributed by atoms with Crippen molar-refractivity contribution in [1.29, 1.82) is 0 Å². The Morgan fingerprint density at radius 2 is 1.71 bits per heavy atom. The van der Waals surface area contributed by atoms with E-state index >= 15 is 0 Å². The fraction of sp³-hybridized carbons (Fsp3) is 0.333. The highest BCUT2D eigenvalue weighted by Crippen LogP contribution is 2.33. The lowest BCUT2D eigenvalue weighted by Crippen LogP contribution is -2.38. The summed E-state index contributed by atoms with van der Waals surface area (Å²) in [5.41, 5.74) is 0.901. The maximum absolute atomic E-state index is 13.3. The van der Waals surface area contributed by atoms with Gasteiger partial charge in [-0.1, -0.05) is 42.9 Å². The van der Waals surface area contributed by atoms with Gasteiger partial charge in [-0.05, 0) is 49.5 Å². The number of aromatic nitrogens is 1. The highest BCUT2D eigenvalue weighted by atomic mass is 35.5. The number of carbonyl (C=O) groups excluding carboxylic acids is 1. The van der Waals surface area contributed by atoms with Crippen molar-refractivity contribution in [1.82, 2.24) is 9.88 Å². The van der Waals surface area contributed by atoms with Crippen molar-refractivity contribution in [2.24, 2.45) is 0 Å². The summed E-state index contributed by atoms with van der Waals surface area (Å²) < 4.78 is 25.1. The smallest absolute Gasteiger partial charge is 0.260 e. The number of halogens is 2. The summed E-state index contributed by atoms with van der Waals surface area (Å²) in [6.45, 7) is 7.02. The first-order valence-corrected chi connectivity index (χ1v) is 12.7. The summed E-state index contributed by atoms with van der Waals surface area (Å²) in [7, 11) is -3.43. The van der Waals surface area contributed by atoms with E-state index in [1.165, 1.54) is 11.3 Å². The van der Waals surface area contributed by atoms with Gasteiger partial charge in [0, 0.05) is 29.9 Å². The van der Waals surface area contributed by atoms with Crippen LogP contribution in [0.3, 0.4) is 0 Å². The average Bonchev–Trinajstić information content (AvgIpc) is 3.14. The summed E-state index contributed by atoms with van der Waals surface area (Å²) in [6, 6.07) is 11.8. The van der Waals surface area contributed by atoms with Gasteiger partial charge in [-0.15, -0.1) is 12.4 Å². The number of likely N-dealkylation sites (N-methyl/N-ethyl adjacent to an activating group) is 1. The Kier molecular flexibility index (Phi) is 8.85. The van der Waals surface area contributed by atoms with Gasteiger partial charge in [0.2, 0.25) is 0 Å². The SMILES string of the molecule is CCN(CC)CCN(C(=O)c1ccc(Cl)cc1)c1nc2c(S(C)(=O)=O)cccc2s1.Cl. The molecule has 10 heteroatoms. The second-order valence-corrected chi connectivity index (χ2v) is 10.3. The van der Waals surface area contributed by atoms with Crippen LogP contribution in [-0.4, -0.2) is 56.6 Å². The maximum Gasteiger partial charge on any atom is 0.260 e. The fourth-order valence-corrected chi connectivity index (χ4v) is 5.18. The molecule has 0 spiro atoms. The number of benzene rings is 2. The number of nitrogens with zero attached hydrogens (tertiary/aromatic N) is 3. The Labute approximate surface area is 198 Å². The third-order valence-corrected chi connectivity index (χ3v) is 7.30. The standard InChI is InChI=1S/C21H24ClN3O3S2.ClH/c1-4-24(5-2)13-14-25(20(26)15-9-11-16(22)12-10-15)21-23-19-17(29-21)7-6-8-18(19)30(3,27)28;/h6-12H,4-5,13-14H2,1-3H3;1H. The van der Waals surface area contributed by atoms with Crippen molar-refractivity contribution < 1.29 is 13.2 Å². The molecule has 3 aromatic rings. The minimum Gasteiger partial charge on any atom is -0.302 e. The Balaban J connectivity index is 0.00000341. The molecule has 31 heavy (non-hydrogen) atoms. The Bertz CT molecular complexity index is 1140. The van der Waals surface area contributed by atoms with Crippen LogP contribution in [0, 0.1) is 0 Å². The van der Waals surface area contributed by atoms with E-state index in [1.54, 1.807) is 41.3 Å². The number of para-hydroxylation sites is 1. The second-order valence-electron chi connectivity index (χ2n) is 6.86. The molecule has 0 saturated carbocycles. The fourth-order valence-electron chi connectivity index (χ4n) is 3.14. The minimum absolute atomic E-state index is 0. The summed E-state index contributed by atoms with van der Waals surface area (Å²) in [5, 5.41) is 1.03. The zero-order valence-electron chi connectivity index (χ0n) is 17.5. The van der Waals surface area contributed by atoms with Crippen LogP contribution in [0.15, 0.2) is 47.4 Å². The van der Waals surface area contributed by atoms with E-state index in [9.17, 15) is 13.2 Å². The molecule has 2 aromatic carbocycles. The van der Waals surface area contributed by atoms with Gasteiger partial charge in [0.1, 0.15) is 5.52 Å². The molecular formula is C21H25Cl2N3O3S2. The van der Waals surface area contributed by atoms with E-state index in [1.807, 2.05) is 6.07 Å². The highest BCUT2D eigenvalue weighted by Gasteiger charge is 2.24. The van der Waals surface area contributed by atoms with Crippen molar-refractivity contribution in [3.8, 4) is 0 Å². The molecular weight excluding hydrogens is 477 g/mol. The number of sulfone groups is 1. The predicted octanol–water partition coefficient (Wildman–Crippen LogP) is 4.76. The molecule has 0 atom stereocenters. The molecule has 1 amide bonds. The van der Waals surface area contributed by atoms with Crippen molar-refractivity contribution in [2.75, 3.05) is 37.3 Å². The van der Waals surface area contributed by atoms with Crippen LogP contribution in [0.25, 0.3) is 10.2 Å². The normalized spacial score (nSPS) is 11.5. The summed E-state index contributed by atoms with van der Waals surface area (Å²) in [4.78, 5) is 21.9. The number of thiazole rings is 1. The topological polar surface area (TPSA) is 70.6 Å². The van der Waals surface area contributed by atoms with Crippen molar-refractivity contribution in [3.63, 3.8) is 0 Å². The molecule has 0 aliphatic heterocycles. The van der Waals surface area contributed by atoms with Crippen LogP contribution in [0.1, 0.15) is 24.2 Å². The lowest BCUT2D eigenvalue weighted by atomic mass is 10.2. The molecule has 0 aliphatic carbocycles. The summed E-state index contributed by atoms with van der Waals surface area (Å²) in [5.74, 6) is -0.196. The number of anilines is 1. The van der Waals surface area contributed by atoms with Crippen LogP contribution >= 0.6 is 35.3 Å². The van der Waals surface area contributed by atoms with Gasteiger partial charge < -0.3 is 4.90 Å². The Morgan fingerprint density at radius 1 is 1.06 bits per heavy atom. The van der Waals surface area contributed by atoms with E-state index in [0.717, 1.165) is 24.0 Å². The first-order valence-electron chi connectivity index (χ1n) is 9.64. The van der Waals surface area contributed by atoms with Crippen molar-refractivity contribution >= 4 is 66.4 Å². The summed E-state index contributed by atoms with van der Waals surface area (Å²) >= 11 is 7.28. The van der Waals surface area contributed by atoms with E-state index < -0.39 is 9.84 Å². The van der Waals surface area contributed by atoms with Gasteiger partial charge in [0.25, 0.3) is 5.91 Å². The minimum atomic E-state index is -3.43. The lowest BCUT2D eigenvalue weighted by molar-refractivity contribution is 0.0984. The van der Waals surface area contributed by atoms with Crippen LogP contribution in [-0.2, 0) is 9.84 Å². The molecule has 3 rings (SSSR count). The van der Waals surface area contributed by atoms with Crippen molar-refractivity contribution in [2.45, 2.75) is 18.7 Å². The second kappa shape index (κ2) is 10.7. The highest BCUT2D eigenvalue weighted by molar-refractivity contribution is 7.91. The number of carbonyl (C=O) groups is 1. The molecule has 0 radical (unpaired) electrons. The third kappa shape index (κ3) is 5.96. The number of rotatable bonds is 8. The zero-order chi connectivity index (χ0) is 21.9. The van der Waals surface area contributed by atoms with Gasteiger partial charge in [0.15, 0.2) is 15.0 Å². The van der Waals surface area contributed by atoms with Crippen LogP contribution in [0.2, 0.25) is 5.02 Å². The maximum atomic E-state index is 13.3. The van der Waals surface area contributed by atoms with E-state index in [-0.39, 0.29) is 23.2 Å². The molecule has 168 valence electrons. The molecule has 0 bridgehead atoms. The quantitative estimate of drug-likeness (QED) is 0.444. The van der Waals surface area contributed by atoms with Gasteiger partial charge >= 0.3 is 0 Å². The number of fused-ring (bicyclic) bond motifs is 1. The molecule has 0 aliphatic rings. The van der Waals surface area contributed by atoms with E-state index in [0.29, 0.717) is 34.3 Å². The largest absolute Gasteiger partial charge is 0.302 e. The monoisotopic (exact) mass is 501 g/mol. The van der Waals surface area contributed by atoms with Gasteiger partial charge in [-0.25, -0.2) is 13.4 Å². The third-order valence-electron chi connectivity index (χ3n) is 4.87.